The van der Waals surface area contributed by atoms with E-state index in [0.717, 1.165) is 5.56 Å². The van der Waals surface area contributed by atoms with E-state index >= 15 is 0 Å². The molecule has 0 saturated heterocycles. The molecule has 1 N–H and O–H groups in total. The smallest absolute Gasteiger partial charge is 0.274 e. The molecule has 0 fully saturated rings. The fourth-order valence-electron chi connectivity index (χ4n) is 2.12. The molecule has 0 spiro atoms. The van der Waals surface area contributed by atoms with Gasteiger partial charge in [-0.3, -0.25) is 14.9 Å². The lowest BCUT2D eigenvalue weighted by Gasteiger charge is -2.16. The minimum Gasteiger partial charge on any atom is -0.481 e. The van der Waals surface area contributed by atoms with Crippen molar-refractivity contribution in [1.29, 1.82) is 0 Å². The average Bonchev–Trinajstić information content (AvgIpc) is 2.51. The van der Waals surface area contributed by atoms with Crippen LogP contribution in [-0.2, 0) is 4.79 Å². The lowest BCUT2D eigenvalue weighted by molar-refractivity contribution is -0.385. The Balaban J connectivity index is 2.09. The third kappa shape index (κ3) is 4.23. The van der Waals surface area contributed by atoms with Crippen molar-refractivity contribution in [1.82, 2.24) is 0 Å². The Labute approximate surface area is 144 Å². The first-order valence-electron chi connectivity index (χ1n) is 7.26. The lowest BCUT2D eigenvalue weighted by Crippen LogP contribution is -2.30. The molecule has 0 bridgehead atoms. The minimum absolute atomic E-state index is 0.0464. The number of aryl methyl sites for hydroxylation is 2. The SMILES string of the molecule is Cc1cc(Cl)ccc1OC(C)C(=O)Nc1ccc(C)c([N+](=O)[O-])c1. The summed E-state index contributed by atoms with van der Waals surface area (Å²) in [4.78, 5) is 22.7. The highest BCUT2D eigenvalue weighted by Crippen LogP contribution is 2.24. The summed E-state index contributed by atoms with van der Waals surface area (Å²) >= 11 is 5.89. The summed E-state index contributed by atoms with van der Waals surface area (Å²) in [6.07, 6.45) is -0.773. The molecule has 0 aromatic heterocycles. The van der Waals surface area contributed by atoms with Crippen LogP contribution in [0.4, 0.5) is 11.4 Å². The molecule has 6 nitrogen and oxygen atoms in total. The Morgan fingerprint density at radius 2 is 1.92 bits per heavy atom. The number of nitrogens with one attached hydrogen (secondary N) is 1. The Hall–Kier alpha value is -2.60. The van der Waals surface area contributed by atoms with Crippen LogP contribution in [0, 0.1) is 24.0 Å². The molecule has 0 radical (unpaired) electrons. The van der Waals surface area contributed by atoms with E-state index in [9.17, 15) is 14.9 Å². The maximum Gasteiger partial charge on any atom is 0.274 e. The van der Waals surface area contributed by atoms with Crippen molar-refractivity contribution in [3.05, 3.63) is 62.7 Å². The number of halogens is 1. The number of carbonyl (C=O) groups excluding carboxylic acids is 1. The predicted octanol–water partition coefficient (Wildman–Crippen LogP) is 4.27. The van der Waals surface area contributed by atoms with Gasteiger partial charge in [-0.25, -0.2) is 0 Å². The summed E-state index contributed by atoms with van der Waals surface area (Å²) in [7, 11) is 0. The normalized spacial score (nSPS) is 11.7. The number of nitrogens with zero attached hydrogens (tertiary/aromatic N) is 1. The molecule has 2 aromatic carbocycles. The van der Waals surface area contributed by atoms with Crippen LogP contribution < -0.4 is 10.1 Å². The minimum atomic E-state index is -0.773. The second kappa shape index (κ2) is 7.31. The third-order valence-corrected chi connectivity index (χ3v) is 3.72. The number of benzene rings is 2. The number of carbonyl (C=O) groups is 1. The lowest BCUT2D eigenvalue weighted by atomic mass is 10.2. The van der Waals surface area contributed by atoms with Gasteiger partial charge in [0.2, 0.25) is 0 Å². The number of ether oxygens (including phenoxy) is 1. The zero-order valence-electron chi connectivity index (χ0n) is 13.5. The molecule has 0 heterocycles. The number of rotatable bonds is 5. The van der Waals surface area contributed by atoms with Gasteiger partial charge in [-0.2, -0.15) is 0 Å². The quantitative estimate of drug-likeness (QED) is 0.646. The number of nitro groups is 1. The number of amides is 1. The van der Waals surface area contributed by atoms with Crippen molar-refractivity contribution < 1.29 is 14.5 Å². The van der Waals surface area contributed by atoms with Crippen LogP contribution in [0.5, 0.6) is 5.75 Å². The van der Waals surface area contributed by atoms with Gasteiger partial charge in [0.1, 0.15) is 5.75 Å². The predicted molar refractivity (Wildman–Crippen MR) is 92.7 cm³/mol. The fourth-order valence-corrected chi connectivity index (χ4v) is 2.34. The molecule has 1 unspecified atom stereocenters. The zero-order valence-corrected chi connectivity index (χ0v) is 14.3. The molecule has 2 aromatic rings. The Morgan fingerprint density at radius 3 is 2.54 bits per heavy atom. The summed E-state index contributed by atoms with van der Waals surface area (Å²) in [5, 5.41) is 14.2. The maximum absolute atomic E-state index is 12.2. The Bertz CT molecular complexity index is 792. The molecule has 7 heteroatoms. The molecule has 126 valence electrons. The second-order valence-electron chi connectivity index (χ2n) is 5.42. The number of anilines is 1. The summed E-state index contributed by atoms with van der Waals surface area (Å²) in [6, 6.07) is 9.64. The molecular formula is C17H17ClN2O4. The van der Waals surface area contributed by atoms with Gasteiger partial charge in [0.05, 0.1) is 4.92 Å². The summed E-state index contributed by atoms with van der Waals surface area (Å²) in [6.45, 7) is 5.07. The highest BCUT2D eigenvalue weighted by Gasteiger charge is 2.18. The van der Waals surface area contributed by atoms with Crippen molar-refractivity contribution in [2.45, 2.75) is 26.9 Å². The van der Waals surface area contributed by atoms with Gasteiger partial charge in [-0.05, 0) is 50.6 Å². The van der Waals surface area contributed by atoms with Crippen LogP contribution in [0.15, 0.2) is 36.4 Å². The second-order valence-corrected chi connectivity index (χ2v) is 5.85. The largest absolute Gasteiger partial charge is 0.481 e. The summed E-state index contributed by atoms with van der Waals surface area (Å²) in [5.41, 5.74) is 1.64. The van der Waals surface area contributed by atoms with Crippen molar-refractivity contribution in [3.8, 4) is 5.75 Å². The monoisotopic (exact) mass is 348 g/mol. The van der Waals surface area contributed by atoms with E-state index in [0.29, 0.717) is 22.0 Å². The molecule has 0 aliphatic carbocycles. The number of hydrogen-bond donors (Lipinski definition) is 1. The first-order valence-corrected chi connectivity index (χ1v) is 7.64. The third-order valence-electron chi connectivity index (χ3n) is 3.48. The van der Waals surface area contributed by atoms with Gasteiger partial charge < -0.3 is 10.1 Å². The van der Waals surface area contributed by atoms with Gasteiger partial charge >= 0.3 is 0 Å². The Morgan fingerprint density at radius 1 is 1.21 bits per heavy atom. The fraction of sp³-hybridized carbons (Fsp3) is 0.235. The van der Waals surface area contributed by atoms with Crippen LogP contribution in [-0.4, -0.2) is 16.9 Å². The van der Waals surface area contributed by atoms with Crippen LogP contribution in [0.2, 0.25) is 5.02 Å². The highest BCUT2D eigenvalue weighted by atomic mass is 35.5. The van der Waals surface area contributed by atoms with Gasteiger partial charge in [-0.15, -0.1) is 0 Å². The van der Waals surface area contributed by atoms with Crippen molar-refractivity contribution in [3.63, 3.8) is 0 Å². The maximum atomic E-state index is 12.2. The van der Waals surface area contributed by atoms with Gasteiger partial charge in [-0.1, -0.05) is 17.7 Å². The molecule has 1 amide bonds. The van der Waals surface area contributed by atoms with Crippen molar-refractivity contribution in [2.75, 3.05) is 5.32 Å². The molecule has 1 atom stereocenters. The topological polar surface area (TPSA) is 81.5 Å². The zero-order chi connectivity index (χ0) is 17.9. The molecule has 0 aliphatic heterocycles. The Kier molecular flexibility index (Phi) is 5.41. The van der Waals surface area contributed by atoms with Crippen molar-refractivity contribution in [2.24, 2.45) is 0 Å². The number of nitro benzene ring substituents is 1. The van der Waals surface area contributed by atoms with E-state index in [-0.39, 0.29) is 5.69 Å². The average molecular weight is 349 g/mol. The van der Waals surface area contributed by atoms with Crippen LogP contribution in [0.3, 0.4) is 0 Å². The summed E-state index contributed by atoms with van der Waals surface area (Å²) < 4.78 is 5.63. The van der Waals surface area contributed by atoms with Crippen LogP contribution in [0.1, 0.15) is 18.1 Å². The summed E-state index contributed by atoms with van der Waals surface area (Å²) in [5.74, 6) is 0.152. The van der Waals surface area contributed by atoms with E-state index in [1.54, 1.807) is 44.2 Å². The van der Waals surface area contributed by atoms with Crippen molar-refractivity contribution >= 4 is 28.9 Å². The van der Waals surface area contributed by atoms with E-state index in [1.807, 2.05) is 6.92 Å². The standard InChI is InChI=1S/C17H17ClN2O4/c1-10-4-6-14(9-15(10)20(22)23)19-17(21)12(3)24-16-7-5-13(18)8-11(16)2/h4-9,12H,1-3H3,(H,19,21). The van der Waals surface area contributed by atoms with Gasteiger partial charge in [0, 0.05) is 22.3 Å². The van der Waals surface area contributed by atoms with E-state index in [4.69, 9.17) is 16.3 Å². The van der Waals surface area contributed by atoms with Gasteiger partial charge in [0.15, 0.2) is 6.10 Å². The first kappa shape index (κ1) is 17.7. The molecule has 2 rings (SSSR count). The molecule has 0 aliphatic rings. The van der Waals surface area contributed by atoms with E-state index in [1.165, 1.54) is 6.07 Å². The molecule has 0 saturated carbocycles. The van der Waals surface area contributed by atoms with Crippen LogP contribution in [0.25, 0.3) is 0 Å². The van der Waals surface area contributed by atoms with E-state index < -0.39 is 16.9 Å². The van der Waals surface area contributed by atoms with Gasteiger partial charge in [0.25, 0.3) is 11.6 Å². The molecular weight excluding hydrogens is 332 g/mol. The first-order chi connectivity index (χ1) is 11.3. The number of hydrogen-bond acceptors (Lipinski definition) is 4. The molecule has 24 heavy (non-hydrogen) atoms. The van der Waals surface area contributed by atoms with Crippen LogP contribution >= 0.6 is 11.6 Å². The van der Waals surface area contributed by atoms with E-state index in [2.05, 4.69) is 5.32 Å². The highest BCUT2D eigenvalue weighted by molar-refractivity contribution is 6.30.